The Morgan fingerprint density at radius 1 is 1.41 bits per heavy atom. The predicted molar refractivity (Wildman–Crippen MR) is 62.1 cm³/mol. The highest BCUT2D eigenvalue weighted by molar-refractivity contribution is 5.76. The standard InChI is InChI=1S/C11H12N4O2/c1-8(11(16)17)14-9-3-2-4-10(5-9)15-6-12-13-7-15/h2-8,14H,1H3,(H,16,17). The Labute approximate surface area is 97.9 Å². The van der Waals surface area contributed by atoms with Gasteiger partial charge in [0.1, 0.15) is 18.7 Å². The molecule has 0 amide bonds. The molecule has 0 spiro atoms. The van der Waals surface area contributed by atoms with Crippen LogP contribution < -0.4 is 5.32 Å². The Morgan fingerprint density at radius 3 is 2.76 bits per heavy atom. The summed E-state index contributed by atoms with van der Waals surface area (Å²) in [5.74, 6) is -0.889. The van der Waals surface area contributed by atoms with E-state index in [9.17, 15) is 4.79 Å². The number of aromatic nitrogens is 3. The van der Waals surface area contributed by atoms with Gasteiger partial charge < -0.3 is 10.4 Å². The van der Waals surface area contributed by atoms with Gasteiger partial charge in [-0.05, 0) is 25.1 Å². The van der Waals surface area contributed by atoms with Crippen molar-refractivity contribution < 1.29 is 9.90 Å². The summed E-state index contributed by atoms with van der Waals surface area (Å²) < 4.78 is 1.75. The normalized spacial score (nSPS) is 12.1. The molecule has 0 bridgehead atoms. The van der Waals surface area contributed by atoms with Crippen LogP contribution in [0.3, 0.4) is 0 Å². The van der Waals surface area contributed by atoms with Crippen LogP contribution in [0.4, 0.5) is 5.69 Å². The highest BCUT2D eigenvalue weighted by Crippen LogP contribution is 2.14. The van der Waals surface area contributed by atoms with E-state index in [4.69, 9.17) is 5.11 Å². The van der Waals surface area contributed by atoms with Gasteiger partial charge in [0.15, 0.2) is 0 Å². The van der Waals surface area contributed by atoms with Crippen LogP contribution >= 0.6 is 0 Å². The summed E-state index contributed by atoms with van der Waals surface area (Å²) in [6.45, 7) is 1.59. The van der Waals surface area contributed by atoms with Gasteiger partial charge in [-0.3, -0.25) is 9.36 Å². The van der Waals surface area contributed by atoms with Crippen molar-refractivity contribution in [1.29, 1.82) is 0 Å². The molecule has 0 aliphatic heterocycles. The molecule has 2 aromatic rings. The van der Waals surface area contributed by atoms with Crippen LogP contribution in [0.15, 0.2) is 36.9 Å². The minimum absolute atomic E-state index is 0.633. The molecule has 0 fully saturated rings. The summed E-state index contributed by atoms with van der Waals surface area (Å²) in [7, 11) is 0. The molecule has 1 aromatic carbocycles. The van der Waals surface area contributed by atoms with E-state index in [0.29, 0.717) is 0 Å². The quantitative estimate of drug-likeness (QED) is 0.826. The molecule has 2 N–H and O–H groups in total. The summed E-state index contributed by atoms with van der Waals surface area (Å²) in [6, 6.07) is 6.74. The van der Waals surface area contributed by atoms with Crippen LogP contribution in [0.25, 0.3) is 5.69 Å². The number of hydrogen-bond donors (Lipinski definition) is 2. The number of nitrogens with zero attached hydrogens (tertiary/aromatic N) is 3. The van der Waals surface area contributed by atoms with Gasteiger partial charge in [-0.25, -0.2) is 0 Å². The number of carboxylic acid groups (broad SMARTS) is 1. The molecule has 2 rings (SSSR count). The first-order valence-corrected chi connectivity index (χ1v) is 5.11. The van der Waals surface area contributed by atoms with Gasteiger partial charge in [-0.1, -0.05) is 6.07 Å². The lowest BCUT2D eigenvalue weighted by Gasteiger charge is -2.11. The van der Waals surface area contributed by atoms with Crippen LogP contribution in [0.2, 0.25) is 0 Å². The zero-order chi connectivity index (χ0) is 12.3. The van der Waals surface area contributed by atoms with E-state index in [2.05, 4.69) is 15.5 Å². The number of nitrogens with one attached hydrogen (secondary N) is 1. The lowest BCUT2D eigenvalue weighted by Crippen LogP contribution is -2.25. The fourth-order valence-electron chi connectivity index (χ4n) is 1.40. The maximum absolute atomic E-state index is 10.7. The summed E-state index contributed by atoms with van der Waals surface area (Å²) in [6.07, 6.45) is 3.17. The second-order valence-corrected chi connectivity index (χ2v) is 3.62. The first-order valence-electron chi connectivity index (χ1n) is 5.11. The molecule has 0 aliphatic carbocycles. The SMILES string of the molecule is CC(Nc1cccc(-n2cnnc2)c1)C(=O)O. The molecule has 6 nitrogen and oxygen atoms in total. The summed E-state index contributed by atoms with van der Waals surface area (Å²) in [5, 5.41) is 19.1. The Bertz CT molecular complexity index is 510. The Morgan fingerprint density at radius 2 is 2.12 bits per heavy atom. The average Bonchev–Trinajstić information content (AvgIpc) is 2.82. The van der Waals surface area contributed by atoms with E-state index in [0.717, 1.165) is 11.4 Å². The minimum atomic E-state index is -0.889. The van der Waals surface area contributed by atoms with Gasteiger partial charge in [0, 0.05) is 5.69 Å². The van der Waals surface area contributed by atoms with Gasteiger partial charge in [0.25, 0.3) is 0 Å². The maximum Gasteiger partial charge on any atom is 0.325 e. The number of carbonyl (C=O) groups is 1. The Kier molecular flexibility index (Phi) is 3.04. The molecule has 1 atom stereocenters. The van der Waals surface area contributed by atoms with Crippen molar-refractivity contribution in [3.05, 3.63) is 36.9 Å². The van der Waals surface area contributed by atoms with Gasteiger partial charge >= 0.3 is 5.97 Å². The molecular weight excluding hydrogens is 220 g/mol. The van der Waals surface area contributed by atoms with Gasteiger partial charge in [-0.15, -0.1) is 10.2 Å². The third kappa shape index (κ3) is 2.60. The van der Waals surface area contributed by atoms with Crippen molar-refractivity contribution >= 4 is 11.7 Å². The molecule has 0 saturated carbocycles. The summed E-state index contributed by atoms with van der Waals surface area (Å²) in [5.41, 5.74) is 1.61. The molecule has 6 heteroatoms. The van der Waals surface area contributed by atoms with Crippen molar-refractivity contribution in [2.75, 3.05) is 5.32 Å². The molecular formula is C11H12N4O2. The number of rotatable bonds is 4. The third-order valence-corrected chi connectivity index (χ3v) is 2.32. The largest absolute Gasteiger partial charge is 0.480 e. The Hall–Kier alpha value is -2.37. The monoisotopic (exact) mass is 232 g/mol. The zero-order valence-corrected chi connectivity index (χ0v) is 9.24. The first kappa shape index (κ1) is 11.1. The lowest BCUT2D eigenvalue weighted by atomic mass is 10.2. The molecule has 1 aromatic heterocycles. The third-order valence-electron chi connectivity index (χ3n) is 2.32. The van der Waals surface area contributed by atoms with Crippen molar-refractivity contribution in [2.24, 2.45) is 0 Å². The smallest absolute Gasteiger partial charge is 0.325 e. The van der Waals surface area contributed by atoms with Crippen molar-refractivity contribution in [1.82, 2.24) is 14.8 Å². The van der Waals surface area contributed by atoms with E-state index < -0.39 is 12.0 Å². The Balaban J connectivity index is 2.20. The number of aliphatic carboxylic acids is 1. The topological polar surface area (TPSA) is 80.0 Å². The van der Waals surface area contributed by atoms with Crippen LogP contribution in [0, 0.1) is 0 Å². The van der Waals surface area contributed by atoms with Crippen molar-refractivity contribution in [3.8, 4) is 5.69 Å². The maximum atomic E-state index is 10.7. The van der Waals surface area contributed by atoms with Gasteiger partial charge in [0.2, 0.25) is 0 Å². The summed E-state index contributed by atoms with van der Waals surface area (Å²) in [4.78, 5) is 10.7. The second-order valence-electron chi connectivity index (χ2n) is 3.62. The number of benzene rings is 1. The number of anilines is 1. The number of hydrogen-bond acceptors (Lipinski definition) is 4. The number of carboxylic acids is 1. The van der Waals surface area contributed by atoms with Crippen LogP contribution in [0.1, 0.15) is 6.92 Å². The van der Waals surface area contributed by atoms with Crippen LogP contribution in [0.5, 0.6) is 0 Å². The van der Waals surface area contributed by atoms with Gasteiger partial charge in [-0.2, -0.15) is 0 Å². The molecule has 1 unspecified atom stereocenters. The minimum Gasteiger partial charge on any atom is -0.480 e. The average molecular weight is 232 g/mol. The molecule has 0 aliphatic rings. The molecule has 0 radical (unpaired) electrons. The predicted octanol–water partition coefficient (Wildman–Crippen LogP) is 1.15. The van der Waals surface area contributed by atoms with Crippen LogP contribution in [-0.2, 0) is 4.79 Å². The molecule has 17 heavy (non-hydrogen) atoms. The highest BCUT2D eigenvalue weighted by atomic mass is 16.4. The zero-order valence-electron chi connectivity index (χ0n) is 9.24. The molecule has 0 saturated heterocycles. The van der Waals surface area contributed by atoms with E-state index in [1.165, 1.54) is 0 Å². The van der Waals surface area contributed by atoms with E-state index in [1.807, 2.05) is 24.3 Å². The molecule has 1 heterocycles. The van der Waals surface area contributed by atoms with E-state index in [1.54, 1.807) is 24.1 Å². The van der Waals surface area contributed by atoms with E-state index in [-0.39, 0.29) is 0 Å². The lowest BCUT2D eigenvalue weighted by molar-refractivity contribution is -0.137. The van der Waals surface area contributed by atoms with Gasteiger partial charge in [0.05, 0.1) is 5.69 Å². The van der Waals surface area contributed by atoms with Crippen LogP contribution in [-0.4, -0.2) is 31.9 Å². The highest BCUT2D eigenvalue weighted by Gasteiger charge is 2.10. The second kappa shape index (κ2) is 4.65. The fraction of sp³-hybridized carbons (Fsp3) is 0.182. The summed E-state index contributed by atoms with van der Waals surface area (Å²) >= 11 is 0. The first-order chi connectivity index (χ1) is 8.16. The van der Waals surface area contributed by atoms with Crippen molar-refractivity contribution in [3.63, 3.8) is 0 Å². The molecule has 88 valence electrons. The van der Waals surface area contributed by atoms with Crippen molar-refractivity contribution in [2.45, 2.75) is 13.0 Å². The van der Waals surface area contributed by atoms with E-state index >= 15 is 0 Å². The fourth-order valence-corrected chi connectivity index (χ4v) is 1.40.